The molecule has 32 heavy (non-hydrogen) atoms. The van der Waals surface area contributed by atoms with Gasteiger partial charge in [0.1, 0.15) is 5.75 Å². The van der Waals surface area contributed by atoms with Gasteiger partial charge in [-0.25, -0.2) is 0 Å². The van der Waals surface area contributed by atoms with E-state index in [9.17, 15) is 9.59 Å². The highest BCUT2D eigenvalue weighted by atomic mass is 32.2. The number of nitrogens with zero attached hydrogens (tertiary/aromatic N) is 3. The molecule has 0 unspecified atom stereocenters. The molecule has 0 radical (unpaired) electrons. The largest absolute Gasteiger partial charge is 0.497 e. The molecule has 0 aliphatic carbocycles. The number of aryl methyl sites for hydroxylation is 1. The van der Waals surface area contributed by atoms with Crippen LogP contribution in [0.2, 0.25) is 0 Å². The molecule has 0 bridgehead atoms. The number of ether oxygens (including phenoxy) is 1. The Balaban J connectivity index is 1.59. The maximum absolute atomic E-state index is 12.4. The fourth-order valence-corrected chi connectivity index (χ4v) is 3.63. The number of anilines is 1. The van der Waals surface area contributed by atoms with Crippen LogP contribution in [-0.2, 0) is 17.9 Å². The first-order valence-electron chi connectivity index (χ1n) is 9.94. The fourth-order valence-electron chi connectivity index (χ4n) is 2.86. The number of methoxy groups -OCH3 is 1. The molecule has 0 atom stereocenters. The molecule has 0 saturated heterocycles. The van der Waals surface area contributed by atoms with Gasteiger partial charge in [-0.15, -0.1) is 16.8 Å². The second-order valence-electron chi connectivity index (χ2n) is 6.92. The predicted octanol–water partition coefficient (Wildman–Crippen LogP) is 3.44. The molecule has 1 aromatic heterocycles. The van der Waals surface area contributed by atoms with Gasteiger partial charge in [0.2, 0.25) is 5.91 Å². The van der Waals surface area contributed by atoms with Crippen LogP contribution in [0.3, 0.4) is 0 Å². The van der Waals surface area contributed by atoms with E-state index in [1.54, 1.807) is 49.6 Å². The molecule has 0 aliphatic heterocycles. The minimum Gasteiger partial charge on any atom is -0.497 e. The van der Waals surface area contributed by atoms with Crippen molar-refractivity contribution in [3.8, 4) is 5.75 Å². The highest BCUT2D eigenvalue weighted by Gasteiger charge is 2.15. The van der Waals surface area contributed by atoms with Crippen LogP contribution in [0, 0.1) is 6.92 Å². The highest BCUT2D eigenvalue weighted by Crippen LogP contribution is 2.20. The standard InChI is InChI=1S/C23H25N5O3S/c1-4-12-28-20(14-24-22(30)17-10-8-16(2)9-11-17)26-27-23(28)32-15-21(29)25-18-6-5-7-19(13-18)31-3/h4-11,13H,1,12,14-15H2,2-3H3,(H,24,30)(H,25,29). The molecule has 0 spiro atoms. The molecule has 2 N–H and O–H groups in total. The molecule has 3 aromatic rings. The molecular weight excluding hydrogens is 426 g/mol. The Labute approximate surface area is 191 Å². The Bertz CT molecular complexity index is 1100. The number of aromatic nitrogens is 3. The van der Waals surface area contributed by atoms with Crippen LogP contribution in [0.15, 0.2) is 66.3 Å². The van der Waals surface area contributed by atoms with Gasteiger partial charge in [-0.05, 0) is 31.2 Å². The van der Waals surface area contributed by atoms with Gasteiger partial charge >= 0.3 is 0 Å². The first-order chi connectivity index (χ1) is 15.5. The zero-order valence-electron chi connectivity index (χ0n) is 18.0. The maximum atomic E-state index is 12.4. The molecule has 0 aliphatic rings. The fraction of sp³-hybridized carbons (Fsp3) is 0.217. The van der Waals surface area contributed by atoms with E-state index in [-0.39, 0.29) is 24.1 Å². The number of benzene rings is 2. The minimum atomic E-state index is -0.190. The minimum absolute atomic E-state index is 0.155. The third-order valence-corrected chi connectivity index (χ3v) is 5.48. The van der Waals surface area contributed by atoms with Gasteiger partial charge < -0.3 is 19.9 Å². The van der Waals surface area contributed by atoms with Crippen LogP contribution < -0.4 is 15.4 Å². The lowest BCUT2D eigenvalue weighted by atomic mass is 10.1. The summed E-state index contributed by atoms with van der Waals surface area (Å²) in [5, 5.41) is 14.6. The third-order valence-electron chi connectivity index (χ3n) is 4.51. The summed E-state index contributed by atoms with van der Waals surface area (Å²) >= 11 is 1.26. The average molecular weight is 452 g/mol. The summed E-state index contributed by atoms with van der Waals surface area (Å²) in [5.41, 5.74) is 2.32. The predicted molar refractivity (Wildman–Crippen MR) is 125 cm³/mol. The van der Waals surface area contributed by atoms with Gasteiger partial charge in [-0.1, -0.05) is 41.6 Å². The molecule has 8 nitrogen and oxygen atoms in total. The van der Waals surface area contributed by atoms with Crippen LogP contribution >= 0.6 is 11.8 Å². The van der Waals surface area contributed by atoms with E-state index in [0.717, 1.165) is 5.56 Å². The van der Waals surface area contributed by atoms with Gasteiger partial charge in [0.05, 0.1) is 19.4 Å². The van der Waals surface area contributed by atoms with Crippen LogP contribution in [0.25, 0.3) is 0 Å². The summed E-state index contributed by atoms with van der Waals surface area (Å²) in [7, 11) is 1.57. The van der Waals surface area contributed by atoms with Gasteiger partial charge in [0, 0.05) is 23.9 Å². The number of rotatable bonds is 10. The SMILES string of the molecule is C=CCn1c(CNC(=O)c2ccc(C)cc2)nnc1SCC(=O)Nc1cccc(OC)c1. The Hall–Kier alpha value is -3.59. The van der Waals surface area contributed by atoms with Crippen molar-refractivity contribution < 1.29 is 14.3 Å². The summed E-state index contributed by atoms with van der Waals surface area (Å²) in [6.07, 6.45) is 1.72. The van der Waals surface area contributed by atoms with Crippen molar-refractivity contribution in [1.29, 1.82) is 0 Å². The van der Waals surface area contributed by atoms with Crippen molar-refractivity contribution >= 4 is 29.3 Å². The van der Waals surface area contributed by atoms with E-state index in [0.29, 0.717) is 34.5 Å². The molecule has 3 rings (SSSR count). The van der Waals surface area contributed by atoms with Crippen LogP contribution in [0.1, 0.15) is 21.7 Å². The number of thioether (sulfide) groups is 1. The Morgan fingerprint density at radius 2 is 1.97 bits per heavy atom. The summed E-state index contributed by atoms with van der Waals surface area (Å²) in [6.45, 7) is 6.41. The number of carbonyl (C=O) groups is 2. The van der Waals surface area contributed by atoms with E-state index in [2.05, 4.69) is 27.4 Å². The van der Waals surface area contributed by atoms with E-state index in [1.807, 2.05) is 23.6 Å². The van der Waals surface area contributed by atoms with E-state index < -0.39 is 0 Å². The van der Waals surface area contributed by atoms with Crippen molar-refractivity contribution in [1.82, 2.24) is 20.1 Å². The molecule has 2 aromatic carbocycles. The van der Waals surface area contributed by atoms with Crippen LogP contribution in [-0.4, -0.2) is 39.4 Å². The van der Waals surface area contributed by atoms with Gasteiger partial charge in [-0.3, -0.25) is 9.59 Å². The zero-order chi connectivity index (χ0) is 22.9. The number of amides is 2. The van der Waals surface area contributed by atoms with Crippen molar-refractivity contribution in [3.05, 3.63) is 78.1 Å². The first kappa shape index (κ1) is 23.1. The number of hydrogen-bond acceptors (Lipinski definition) is 6. The van der Waals surface area contributed by atoms with Crippen molar-refractivity contribution in [2.45, 2.75) is 25.2 Å². The van der Waals surface area contributed by atoms with E-state index >= 15 is 0 Å². The van der Waals surface area contributed by atoms with Crippen molar-refractivity contribution in [2.75, 3.05) is 18.2 Å². The quantitative estimate of drug-likeness (QED) is 0.362. The molecule has 1 heterocycles. The second kappa shape index (κ2) is 11.1. The zero-order valence-corrected chi connectivity index (χ0v) is 18.8. The third kappa shape index (κ3) is 6.21. The number of hydrogen-bond donors (Lipinski definition) is 2. The highest BCUT2D eigenvalue weighted by molar-refractivity contribution is 7.99. The van der Waals surface area contributed by atoms with E-state index in [4.69, 9.17) is 4.74 Å². The first-order valence-corrected chi connectivity index (χ1v) is 10.9. The summed E-state index contributed by atoms with van der Waals surface area (Å²) in [6, 6.07) is 14.5. The monoisotopic (exact) mass is 451 g/mol. The van der Waals surface area contributed by atoms with Crippen molar-refractivity contribution in [2.24, 2.45) is 0 Å². The van der Waals surface area contributed by atoms with Gasteiger partial charge in [0.25, 0.3) is 5.91 Å². The van der Waals surface area contributed by atoms with Gasteiger partial charge in [-0.2, -0.15) is 0 Å². The molecule has 9 heteroatoms. The van der Waals surface area contributed by atoms with Gasteiger partial charge in [0.15, 0.2) is 11.0 Å². The maximum Gasteiger partial charge on any atom is 0.251 e. The number of carbonyl (C=O) groups excluding carboxylic acids is 2. The van der Waals surface area contributed by atoms with Crippen LogP contribution in [0.4, 0.5) is 5.69 Å². The molecule has 2 amide bonds. The Kier molecular flexibility index (Phi) is 8.04. The molecule has 166 valence electrons. The summed E-state index contributed by atoms with van der Waals surface area (Å²) in [5.74, 6) is 1.04. The molecule has 0 fully saturated rings. The molecular formula is C23H25N5O3S. The second-order valence-corrected chi connectivity index (χ2v) is 7.86. The Morgan fingerprint density at radius 1 is 1.19 bits per heavy atom. The van der Waals surface area contributed by atoms with E-state index in [1.165, 1.54) is 11.8 Å². The number of nitrogens with one attached hydrogen (secondary N) is 2. The number of allylic oxidation sites excluding steroid dienone is 1. The Morgan fingerprint density at radius 3 is 2.69 bits per heavy atom. The van der Waals surface area contributed by atoms with Crippen molar-refractivity contribution in [3.63, 3.8) is 0 Å². The lowest BCUT2D eigenvalue weighted by Gasteiger charge is -2.09. The lowest BCUT2D eigenvalue weighted by Crippen LogP contribution is -2.24. The average Bonchev–Trinajstić information content (AvgIpc) is 3.18. The summed E-state index contributed by atoms with van der Waals surface area (Å²) < 4.78 is 6.99. The summed E-state index contributed by atoms with van der Waals surface area (Å²) in [4.78, 5) is 24.7. The molecule has 0 saturated carbocycles. The normalized spacial score (nSPS) is 10.4. The topological polar surface area (TPSA) is 98.1 Å². The smallest absolute Gasteiger partial charge is 0.251 e. The van der Waals surface area contributed by atoms with Crippen LogP contribution in [0.5, 0.6) is 5.75 Å². The lowest BCUT2D eigenvalue weighted by molar-refractivity contribution is -0.113.